The molecule has 0 saturated heterocycles. The molecule has 0 atom stereocenters. The number of carbonyl (C=O) groups is 2. The molecule has 4 heteroatoms. The molecule has 4 nitrogen and oxygen atoms in total. The Balaban J connectivity index is 1.93. The van der Waals surface area contributed by atoms with Crippen LogP contribution in [0.1, 0.15) is 25.8 Å². The summed E-state index contributed by atoms with van der Waals surface area (Å²) in [5, 5.41) is 0. The molecule has 2 rings (SSSR count). The van der Waals surface area contributed by atoms with Crippen LogP contribution in [0.2, 0.25) is 0 Å². The second-order valence-electron chi connectivity index (χ2n) is 6.24. The molecule has 0 N–H and O–H groups in total. The first kappa shape index (κ1) is 20.7. The number of ether oxygens (including phenoxy) is 2. The number of rotatable bonds is 6. The smallest absolute Gasteiger partial charge is 0.338 e. The van der Waals surface area contributed by atoms with Gasteiger partial charge in [0.2, 0.25) is 0 Å². The van der Waals surface area contributed by atoms with E-state index in [9.17, 15) is 9.59 Å². The van der Waals surface area contributed by atoms with Gasteiger partial charge in [0, 0.05) is 23.1 Å². The molecular weight excluding hydrogens is 352 g/mol. The molecule has 0 radical (unpaired) electrons. The zero-order valence-corrected chi connectivity index (χ0v) is 16.1. The Hall–Kier alpha value is -3.58. The van der Waals surface area contributed by atoms with Crippen molar-refractivity contribution in [2.45, 2.75) is 20.3 Å². The second kappa shape index (κ2) is 9.94. The molecule has 0 unspecified atom stereocenters. The van der Waals surface area contributed by atoms with E-state index >= 15 is 0 Å². The largest absolute Gasteiger partial charge is 0.461 e. The Kier molecular flexibility index (Phi) is 7.36. The number of carbonyl (C=O) groups excluding carboxylic acids is 2. The summed E-state index contributed by atoms with van der Waals surface area (Å²) >= 11 is 0. The quantitative estimate of drug-likeness (QED) is 0.242. The molecule has 0 amide bonds. The molecule has 0 spiro atoms. The van der Waals surface area contributed by atoms with Crippen LogP contribution in [0.25, 0.3) is 11.1 Å². The Morgan fingerprint density at radius 2 is 1.39 bits per heavy atom. The lowest BCUT2D eigenvalue weighted by Gasteiger charge is -2.06. The fourth-order valence-electron chi connectivity index (χ4n) is 2.14. The molecule has 0 saturated carbocycles. The molecule has 2 aromatic rings. The van der Waals surface area contributed by atoms with Crippen molar-refractivity contribution < 1.29 is 19.1 Å². The average Bonchev–Trinajstić information content (AvgIpc) is 2.68. The number of hydrogen-bond acceptors (Lipinski definition) is 4. The fraction of sp³-hybridized carbons (Fsp3) is 0.167. The maximum absolute atomic E-state index is 11.5. The summed E-state index contributed by atoms with van der Waals surface area (Å²) in [4.78, 5) is 22.8. The molecule has 28 heavy (non-hydrogen) atoms. The molecule has 0 aliphatic rings. The molecule has 142 valence electrons. The van der Waals surface area contributed by atoms with Crippen LogP contribution in [-0.4, -0.2) is 18.5 Å². The summed E-state index contributed by atoms with van der Waals surface area (Å²) in [6.07, 6.45) is 0.463. The summed E-state index contributed by atoms with van der Waals surface area (Å²) < 4.78 is 10.2. The first-order chi connectivity index (χ1) is 13.4. The highest BCUT2D eigenvalue weighted by Crippen LogP contribution is 2.23. The average molecular weight is 374 g/mol. The van der Waals surface area contributed by atoms with Gasteiger partial charge in [-0.3, -0.25) is 0 Å². The zero-order chi connectivity index (χ0) is 20.5. The van der Waals surface area contributed by atoms with Gasteiger partial charge in [-0.15, -0.1) is 0 Å². The third-order valence-electron chi connectivity index (χ3n) is 3.67. The van der Waals surface area contributed by atoms with Crippen LogP contribution < -0.4 is 4.74 Å². The lowest BCUT2D eigenvalue weighted by molar-refractivity contribution is -0.138. The Morgan fingerprint density at radius 3 is 1.93 bits per heavy atom. The molecule has 2 aromatic carbocycles. The third-order valence-corrected chi connectivity index (χ3v) is 3.67. The maximum Gasteiger partial charge on any atom is 0.338 e. The van der Waals surface area contributed by atoms with Gasteiger partial charge in [-0.1, -0.05) is 49.3 Å². The van der Waals surface area contributed by atoms with Gasteiger partial charge in [0.15, 0.2) is 0 Å². The minimum atomic E-state index is -0.440. The SMILES string of the molecule is C=C(C)C(=O)OCCC#Cc1ccc(-c2ccc(OC(=O)C(=C)C)cc2)cc1. The van der Waals surface area contributed by atoms with Gasteiger partial charge in [-0.05, 0) is 49.2 Å². The number of hydrogen-bond donors (Lipinski definition) is 0. The van der Waals surface area contributed by atoms with Gasteiger partial charge >= 0.3 is 11.9 Å². The Morgan fingerprint density at radius 1 is 0.857 bits per heavy atom. The van der Waals surface area contributed by atoms with Gasteiger partial charge in [0.1, 0.15) is 12.4 Å². The summed E-state index contributed by atoms with van der Waals surface area (Å²) in [7, 11) is 0. The lowest BCUT2D eigenvalue weighted by Crippen LogP contribution is -2.07. The molecule has 0 aliphatic carbocycles. The van der Waals surface area contributed by atoms with Crippen LogP contribution in [0, 0.1) is 11.8 Å². The van der Waals surface area contributed by atoms with Gasteiger partial charge in [-0.25, -0.2) is 9.59 Å². The van der Waals surface area contributed by atoms with Crippen LogP contribution in [0.5, 0.6) is 5.75 Å². The van der Waals surface area contributed by atoms with E-state index in [1.54, 1.807) is 26.0 Å². The summed E-state index contributed by atoms with van der Waals surface area (Å²) in [6.45, 7) is 10.5. The van der Waals surface area contributed by atoms with E-state index in [1.165, 1.54) is 0 Å². The van der Waals surface area contributed by atoms with Crippen molar-refractivity contribution in [1.82, 2.24) is 0 Å². The molecule has 0 fully saturated rings. The topological polar surface area (TPSA) is 52.6 Å². The van der Waals surface area contributed by atoms with E-state index in [0.29, 0.717) is 23.3 Å². The monoisotopic (exact) mass is 374 g/mol. The van der Waals surface area contributed by atoms with E-state index in [-0.39, 0.29) is 6.61 Å². The third kappa shape index (κ3) is 6.30. The van der Waals surface area contributed by atoms with Crippen molar-refractivity contribution in [2.24, 2.45) is 0 Å². The highest BCUT2D eigenvalue weighted by molar-refractivity contribution is 5.88. The zero-order valence-electron chi connectivity index (χ0n) is 16.1. The summed E-state index contributed by atoms with van der Waals surface area (Å²) in [6, 6.07) is 15.1. The van der Waals surface area contributed by atoms with Gasteiger partial charge in [0.25, 0.3) is 0 Å². The Labute approximate surface area is 165 Å². The van der Waals surface area contributed by atoms with Crippen molar-refractivity contribution in [3.8, 4) is 28.7 Å². The van der Waals surface area contributed by atoms with Crippen molar-refractivity contribution >= 4 is 11.9 Å². The van der Waals surface area contributed by atoms with Crippen LogP contribution in [-0.2, 0) is 14.3 Å². The van der Waals surface area contributed by atoms with E-state index in [1.807, 2.05) is 36.4 Å². The van der Waals surface area contributed by atoms with Gasteiger partial charge < -0.3 is 9.47 Å². The first-order valence-corrected chi connectivity index (χ1v) is 8.76. The maximum atomic E-state index is 11.5. The minimum Gasteiger partial charge on any atom is -0.461 e. The first-order valence-electron chi connectivity index (χ1n) is 8.76. The fourth-order valence-corrected chi connectivity index (χ4v) is 2.14. The van der Waals surface area contributed by atoms with Crippen molar-refractivity contribution in [3.05, 3.63) is 78.4 Å². The molecule has 0 bridgehead atoms. The predicted octanol–water partition coefficient (Wildman–Crippen LogP) is 4.70. The van der Waals surface area contributed by atoms with Crippen LogP contribution in [0.15, 0.2) is 72.8 Å². The van der Waals surface area contributed by atoms with Crippen molar-refractivity contribution in [3.63, 3.8) is 0 Å². The normalized spacial score (nSPS) is 9.64. The predicted molar refractivity (Wildman–Crippen MR) is 110 cm³/mol. The van der Waals surface area contributed by atoms with Crippen LogP contribution >= 0.6 is 0 Å². The Bertz CT molecular complexity index is 939. The van der Waals surface area contributed by atoms with Crippen molar-refractivity contribution in [2.75, 3.05) is 6.61 Å². The second-order valence-corrected chi connectivity index (χ2v) is 6.24. The van der Waals surface area contributed by atoms with E-state index in [0.717, 1.165) is 16.7 Å². The molecule has 0 aromatic heterocycles. The minimum absolute atomic E-state index is 0.249. The van der Waals surface area contributed by atoms with Gasteiger partial charge in [0.05, 0.1) is 0 Å². The highest BCUT2D eigenvalue weighted by atomic mass is 16.5. The standard InChI is InChI=1S/C24H22O4/c1-17(2)23(25)27-16-6-5-7-19-8-10-20(11-9-19)21-12-14-22(15-13-21)28-24(26)18(3)4/h8-15H,1,3,6,16H2,2,4H3. The van der Waals surface area contributed by atoms with Crippen LogP contribution in [0.4, 0.5) is 0 Å². The molecular formula is C24H22O4. The molecule has 0 aliphatic heterocycles. The van der Waals surface area contributed by atoms with Crippen molar-refractivity contribution in [1.29, 1.82) is 0 Å². The highest BCUT2D eigenvalue weighted by Gasteiger charge is 2.05. The number of esters is 2. The summed E-state index contributed by atoms with van der Waals surface area (Å²) in [5.41, 5.74) is 3.64. The number of benzene rings is 2. The van der Waals surface area contributed by atoms with E-state index in [4.69, 9.17) is 9.47 Å². The van der Waals surface area contributed by atoms with Gasteiger partial charge in [-0.2, -0.15) is 0 Å². The van der Waals surface area contributed by atoms with E-state index < -0.39 is 11.9 Å². The van der Waals surface area contributed by atoms with E-state index in [2.05, 4.69) is 25.0 Å². The summed E-state index contributed by atoms with van der Waals surface area (Å²) in [5.74, 6) is 5.66. The van der Waals surface area contributed by atoms with Crippen LogP contribution in [0.3, 0.4) is 0 Å². The lowest BCUT2D eigenvalue weighted by atomic mass is 10.0. The molecule has 0 heterocycles.